The van der Waals surface area contributed by atoms with Crippen LogP contribution >= 0.6 is 23.2 Å². The van der Waals surface area contributed by atoms with E-state index < -0.39 is 11.9 Å². The van der Waals surface area contributed by atoms with Crippen LogP contribution in [-0.4, -0.2) is 12.7 Å². The summed E-state index contributed by atoms with van der Waals surface area (Å²) in [7, 11) is 0. The van der Waals surface area contributed by atoms with Gasteiger partial charge in [-0.1, -0.05) is 23.2 Å². The zero-order valence-electron chi connectivity index (χ0n) is 12.0. The second-order valence-electron chi connectivity index (χ2n) is 5.05. The fraction of sp³-hybridized carbons (Fsp3) is 0.188. The molecule has 120 valence electrons. The fourth-order valence-electron chi connectivity index (χ4n) is 2.27. The lowest BCUT2D eigenvalue weighted by atomic mass is 10.1. The zero-order valence-corrected chi connectivity index (χ0v) is 13.5. The summed E-state index contributed by atoms with van der Waals surface area (Å²) in [6, 6.07) is 6.92. The molecule has 0 fully saturated rings. The molecule has 1 amide bonds. The van der Waals surface area contributed by atoms with Crippen molar-refractivity contribution < 1.29 is 18.7 Å². The second-order valence-corrected chi connectivity index (χ2v) is 5.87. The molecule has 1 aliphatic rings. The maximum atomic E-state index is 13.6. The van der Waals surface area contributed by atoms with Crippen LogP contribution in [0.1, 0.15) is 28.9 Å². The van der Waals surface area contributed by atoms with Gasteiger partial charge in [-0.3, -0.25) is 4.79 Å². The number of hydrogen-bond acceptors (Lipinski definition) is 3. The normalized spacial score (nSPS) is 13.7. The maximum absolute atomic E-state index is 13.6. The van der Waals surface area contributed by atoms with Gasteiger partial charge in [0.05, 0.1) is 11.1 Å². The number of halogens is 3. The summed E-state index contributed by atoms with van der Waals surface area (Å²) in [4.78, 5) is 12.3. The summed E-state index contributed by atoms with van der Waals surface area (Å²) >= 11 is 11.7. The number of benzene rings is 2. The topological polar surface area (TPSA) is 47.6 Å². The Bertz CT molecular complexity index is 782. The van der Waals surface area contributed by atoms with Gasteiger partial charge in [-0.2, -0.15) is 0 Å². The molecule has 4 nitrogen and oxygen atoms in total. The Hall–Kier alpha value is -1.98. The van der Waals surface area contributed by atoms with Gasteiger partial charge in [0.25, 0.3) is 5.91 Å². The largest absolute Gasteiger partial charge is 0.454 e. The first-order valence-electron chi connectivity index (χ1n) is 6.80. The third-order valence-corrected chi connectivity index (χ3v) is 4.11. The monoisotopic (exact) mass is 355 g/mol. The Morgan fingerprint density at radius 2 is 1.91 bits per heavy atom. The summed E-state index contributed by atoms with van der Waals surface area (Å²) in [5.41, 5.74) is 0.856. The van der Waals surface area contributed by atoms with Gasteiger partial charge in [0.15, 0.2) is 11.5 Å². The highest BCUT2D eigenvalue weighted by Crippen LogP contribution is 2.33. The van der Waals surface area contributed by atoms with Crippen molar-refractivity contribution in [1.29, 1.82) is 0 Å². The number of amides is 1. The number of hydrogen-bond donors (Lipinski definition) is 1. The van der Waals surface area contributed by atoms with Crippen LogP contribution in [0.3, 0.4) is 0 Å². The fourth-order valence-corrected chi connectivity index (χ4v) is 2.81. The van der Waals surface area contributed by atoms with E-state index in [1.807, 2.05) is 0 Å². The average Bonchev–Trinajstić information content (AvgIpc) is 2.98. The standard InChI is InChI=1S/C16H12Cl2FNO3/c1-8(10-5-13(19)12(18)6-11(10)17)20-16(21)9-2-3-14-15(4-9)23-7-22-14/h2-6,8H,7H2,1H3,(H,20,21)/t8-/m0/s1. The van der Waals surface area contributed by atoms with Crippen molar-refractivity contribution in [2.45, 2.75) is 13.0 Å². The van der Waals surface area contributed by atoms with E-state index in [0.29, 0.717) is 22.6 Å². The van der Waals surface area contributed by atoms with Crippen LogP contribution in [0.15, 0.2) is 30.3 Å². The number of rotatable bonds is 3. The van der Waals surface area contributed by atoms with E-state index in [9.17, 15) is 9.18 Å². The molecule has 0 saturated carbocycles. The summed E-state index contributed by atoms with van der Waals surface area (Å²) in [6.45, 7) is 1.84. The number of fused-ring (bicyclic) bond motifs is 1. The van der Waals surface area contributed by atoms with Gasteiger partial charge < -0.3 is 14.8 Å². The Balaban J connectivity index is 1.78. The van der Waals surface area contributed by atoms with Crippen molar-refractivity contribution >= 4 is 29.1 Å². The molecular weight excluding hydrogens is 344 g/mol. The van der Waals surface area contributed by atoms with Crippen molar-refractivity contribution in [3.05, 3.63) is 57.3 Å². The van der Waals surface area contributed by atoms with Gasteiger partial charge >= 0.3 is 0 Å². The average molecular weight is 356 g/mol. The minimum Gasteiger partial charge on any atom is -0.454 e. The summed E-state index contributed by atoms with van der Waals surface area (Å²) < 4.78 is 24.0. The lowest BCUT2D eigenvalue weighted by Gasteiger charge is -2.16. The van der Waals surface area contributed by atoms with Crippen molar-refractivity contribution in [2.75, 3.05) is 6.79 Å². The number of carbonyl (C=O) groups excluding carboxylic acids is 1. The molecule has 1 atom stereocenters. The molecule has 1 N–H and O–H groups in total. The SMILES string of the molecule is C[C@H](NC(=O)c1ccc2c(c1)OCO2)c1cc(F)c(Cl)cc1Cl. The van der Waals surface area contributed by atoms with Gasteiger partial charge in [0.2, 0.25) is 6.79 Å². The predicted molar refractivity (Wildman–Crippen MR) is 84.9 cm³/mol. The van der Waals surface area contributed by atoms with Crippen molar-refractivity contribution in [1.82, 2.24) is 5.32 Å². The molecule has 0 aromatic heterocycles. The van der Waals surface area contributed by atoms with Crippen LogP contribution in [0.4, 0.5) is 4.39 Å². The lowest BCUT2D eigenvalue weighted by Crippen LogP contribution is -2.26. The van der Waals surface area contributed by atoms with Gasteiger partial charge in [-0.15, -0.1) is 0 Å². The third kappa shape index (κ3) is 3.21. The first-order chi connectivity index (χ1) is 11.0. The van der Waals surface area contributed by atoms with Crippen molar-refractivity contribution in [3.63, 3.8) is 0 Å². The van der Waals surface area contributed by atoms with E-state index in [2.05, 4.69) is 5.32 Å². The van der Waals surface area contributed by atoms with Crippen LogP contribution in [0.5, 0.6) is 11.5 Å². The van der Waals surface area contributed by atoms with Crippen molar-refractivity contribution in [2.24, 2.45) is 0 Å². The summed E-state index contributed by atoms with van der Waals surface area (Å²) in [5, 5.41) is 2.99. The third-order valence-electron chi connectivity index (χ3n) is 3.49. The zero-order chi connectivity index (χ0) is 16.6. The van der Waals surface area contributed by atoms with E-state index in [-0.39, 0.29) is 22.7 Å². The highest BCUT2D eigenvalue weighted by molar-refractivity contribution is 6.35. The van der Waals surface area contributed by atoms with Crippen LogP contribution in [0.25, 0.3) is 0 Å². The van der Waals surface area contributed by atoms with E-state index in [1.165, 1.54) is 12.1 Å². The minimum absolute atomic E-state index is 0.0620. The van der Waals surface area contributed by atoms with Gasteiger partial charge in [-0.05, 0) is 42.8 Å². The molecule has 7 heteroatoms. The molecular formula is C16H12Cl2FNO3. The first kappa shape index (κ1) is 15.9. The maximum Gasteiger partial charge on any atom is 0.251 e. The van der Waals surface area contributed by atoms with Crippen LogP contribution in [0.2, 0.25) is 10.0 Å². The van der Waals surface area contributed by atoms with Crippen molar-refractivity contribution in [3.8, 4) is 11.5 Å². The Kier molecular flexibility index (Phi) is 4.33. The van der Waals surface area contributed by atoms with Crippen LogP contribution < -0.4 is 14.8 Å². The van der Waals surface area contributed by atoms with Crippen LogP contribution in [-0.2, 0) is 0 Å². The Morgan fingerprint density at radius 3 is 2.70 bits per heavy atom. The highest BCUT2D eigenvalue weighted by Gasteiger charge is 2.19. The molecule has 0 unspecified atom stereocenters. The first-order valence-corrected chi connectivity index (χ1v) is 7.56. The molecule has 2 aromatic carbocycles. The molecule has 1 aliphatic heterocycles. The molecule has 3 rings (SSSR count). The van der Waals surface area contributed by atoms with Crippen LogP contribution in [0, 0.1) is 5.82 Å². The lowest BCUT2D eigenvalue weighted by molar-refractivity contribution is 0.0939. The summed E-state index contributed by atoms with van der Waals surface area (Å²) in [5.74, 6) is 0.191. The molecule has 0 bridgehead atoms. The molecule has 1 heterocycles. The number of ether oxygens (including phenoxy) is 2. The molecule has 23 heavy (non-hydrogen) atoms. The van der Waals surface area contributed by atoms with E-state index >= 15 is 0 Å². The Labute approximate surface area is 142 Å². The molecule has 0 spiro atoms. The Morgan fingerprint density at radius 1 is 1.17 bits per heavy atom. The van der Waals surface area contributed by atoms with E-state index in [1.54, 1.807) is 25.1 Å². The number of carbonyl (C=O) groups is 1. The van der Waals surface area contributed by atoms with Gasteiger partial charge in [-0.25, -0.2) is 4.39 Å². The van der Waals surface area contributed by atoms with Gasteiger partial charge in [0, 0.05) is 10.6 Å². The predicted octanol–water partition coefficient (Wildman–Crippen LogP) is 4.35. The molecule has 2 aromatic rings. The smallest absolute Gasteiger partial charge is 0.251 e. The highest BCUT2D eigenvalue weighted by atomic mass is 35.5. The molecule has 0 radical (unpaired) electrons. The summed E-state index contributed by atoms with van der Waals surface area (Å²) in [6.07, 6.45) is 0. The quantitative estimate of drug-likeness (QED) is 0.832. The second kappa shape index (κ2) is 6.26. The van der Waals surface area contributed by atoms with E-state index in [4.69, 9.17) is 32.7 Å². The van der Waals surface area contributed by atoms with E-state index in [0.717, 1.165) is 0 Å². The minimum atomic E-state index is -0.588. The van der Waals surface area contributed by atoms with Gasteiger partial charge in [0.1, 0.15) is 5.82 Å². The molecule has 0 aliphatic carbocycles. The molecule has 0 saturated heterocycles. The number of nitrogens with one attached hydrogen (secondary N) is 1.